The SMILES string of the molecule is Cc1cc(F)ccc1C(=O)N1CCC[C@H](c2nc(-c3ccc(F)cc3)no2)C1. The fourth-order valence-electron chi connectivity index (χ4n) is 3.52. The molecule has 144 valence electrons. The molecule has 1 saturated heterocycles. The number of piperidine rings is 1. The fraction of sp³-hybridized carbons (Fsp3) is 0.286. The van der Waals surface area contributed by atoms with Gasteiger partial charge in [-0.25, -0.2) is 8.78 Å². The summed E-state index contributed by atoms with van der Waals surface area (Å²) in [5.41, 5.74) is 1.78. The van der Waals surface area contributed by atoms with Crippen LogP contribution in [-0.2, 0) is 0 Å². The van der Waals surface area contributed by atoms with Crippen molar-refractivity contribution in [2.45, 2.75) is 25.7 Å². The van der Waals surface area contributed by atoms with Gasteiger partial charge in [-0.15, -0.1) is 0 Å². The molecule has 1 atom stereocenters. The van der Waals surface area contributed by atoms with Crippen molar-refractivity contribution in [1.82, 2.24) is 15.0 Å². The zero-order chi connectivity index (χ0) is 19.7. The van der Waals surface area contributed by atoms with Crippen molar-refractivity contribution < 1.29 is 18.1 Å². The number of benzene rings is 2. The van der Waals surface area contributed by atoms with Crippen LogP contribution in [0.15, 0.2) is 47.0 Å². The number of carbonyl (C=O) groups excluding carboxylic acids is 1. The largest absolute Gasteiger partial charge is 0.339 e. The van der Waals surface area contributed by atoms with E-state index in [1.165, 1.54) is 30.3 Å². The van der Waals surface area contributed by atoms with E-state index in [-0.39, 0.29) is 23.5 Å². The molecule has 1 fully saturated rings. The molecule has 1 aromatic heterocycles. The summed E-state index contributed by atoms with van der Waals surface area (Å²) in [5, 5.41) is 3.99. The van der Waals surface area contributed by atoms with Crippen molar-refractivity contribution in [2.24, 2.45) is 0 Å². The molecular formula is C21H19F2N3O2. The molecule has 0 unspecified atom stereocenters. The minimum atomic E-state index is -0.357. The van der Waals surface area contributed by atoms with Crippen LogP contribution >= 0.6 is 0 Å². The lowest BCUT2D eigenvalue weighted by atomic mass is 9.96. The molecule has 0 radical (unpaired) electrons. The molecule has 0 N–H and O–H groups in total. The maximum Gasteiger partial charge on any atom is 0.254 e. The highest BCUT2D eigenvalue weighted by Crippen LogP contribution is 2.29. The third-order valence-electron chi connectivity index (χ3n) is 5.02. The third kappa shape index (κ3) is 3.65. The van der Waals surface area contributed by atoms with Crippen LogP contribution in [-0.4, -0.2) is 34.0 Å². The first-order valence-electron chi connectivity index (χ1n) is 9.16. The van der Waals surface area contributed by atoms with Gasteiger partial charge in [-0.2, -0.15) is 4.98 Å². The summed E-state index contributed by atoms with van der Waals surface area (Å²) in [7, 11) is 0. The zero-order valence-electron chi connectivity index (χ0n) is 15.4. The number of amides is 1. The number of hydrogen-bond donors (Lipinski definition) is 0. The van der Waals surface area contributed by atoms with Crippen LogP contribution in [0.25, 0.3) is 11.4 Å². The van der Waals surface area contributed by atoms with E-state index >= 15 is 0 Å². The quantitative estimate of drug-likeness (QED) is 0.675. The molecule has 2 aromatic carbocycles. The summed E-state index contributed by atoms with van der Waals surface area (Å²) < 4.78 is 31.8. The highest BCUT2D eigenvalue weighted by Gasteiger charge is 2.29. The Kier molecular flexibility index (Phi) is 4.90. The van der Waals surface area contributed by atoms with Gasteiger partial charge in [0.25, 0.3) is 5.91 Å². The average Bonchev–Trinajstić information content (AvgIpc) is 3.18. The maximum atomic E-state index is 13.3. The number of aromatic nitrogens is 2. The first kappa shape index (κ1) is 18.3. The van der Waals surface area contributed by atoms with Crippen molar-refractivity contribution in [3.05, 3.63) is 71.1 Å². The van der Waals surface area contributed by atoms with Crippen molar-refractivity contribution >= 4 is 5.91 Å². The Hall–Kier alpha value is -3.09. The second kappa shape index (κ2) is 7.50. The van der Waals surface area contributed by atoms with Crippen LogP contribution in [0.2, 0.25) is 0 Å². The molecule has 7 heteroatoms. The Morgan fingerprint density at radius 2 is 1.89 bits per heavy atom. The molecule has 3 aromatic rings. The van der Waals surface area contributed by atoms with Gasteiger partial charge in [-0.1, -0.05) is 5.16 Å². The smallest absolute Gasteiger partial charge is 0.254 e. The van der Waals surface area contributed by atoms with E-state index in [4.69, 9.17) is 4.52 Å². The fourth-order valence-corrected chi connectivity index (χ4v) is 3.52. The van der Waals surface area contributed by atoms with Gasteiger partial charge in [-0.3, -0.25) is 4.79 Å². The van der Waals surface area contributed by atoms with Gasteiger partial charge in [-0.05, 0) is 67.8 Å². The lowest BCUT2D eigenvalue weighted by Gasteiger charge is -2.31. The molecule has 4 rings (SSSR count). The van der Waals surface area contributed by atoms with Gasteiger partial charge in [0, 0.05) is 24.2 Å². The number of carbonyl (C=O) groups is 1. The van der Waals surface area contributed by atoms with Crippen LogP contribution < -0.4 is 0 Å². The predicted octanol–water partition coefficient (Wildman–Crippen LogP) is 4.34. The normalized spacial score (nSPS) is 17.0. The molecule has 0 spiro atoms. The number of hydrogen-bond acceptors (Lipinski definition) is 4. The van der Waals surface area contributed by atoms with E-state index in [0.29, 0.717) is 41.5 Å². The van der Waals surface area contributed by atoms with Gasteiger partial charge < -0.3 is 9.42 Å². The number of nitrogens with zero attached hydrogens (tertiary/aromatic N) is 3. The van der Waals surface area contributed by atoms with Crippen LogP contribution in [0.5, 0.6) is 0 Å². The molecule has 1 amide bonds. The molecule has 28 heavy (non-hydrogen) atoms. The lowest BCUT2D eigenvalue weighted by Crippen LogP contribution is -2.39. The minimum Gasteiger partial charge on any atom is -0.339 e. The maximum absolute atomic E-state index is 13.3. The molecule has 2 heterocycles. The van der Waals surface area contributed by atoms with Gasteiger partial charge in [0.15, 0.2) is 0 Å². The second-order valence-corrected chi connectivity index (χ2v) is 7.01. The van der Waals surface area contributed by atoms with E-state index in [1.54, 1.807) is 24.0 Å². The van der Waals surface area contributed by atoms with E-state index in [0.717, 1.165) is 12.8 Å². The summed E-state index contributed by atoms with van der Waals surface area (Å²) in [6, 6.07) is 10.1. The zero-order valence-corrected chi connectivity index (χ0v) is 15.4. The average molecular weight is 383 g/mol. The van der Waals surface area contributed by atoms with Crippen molar-refractivity contribution in [3.63, 3.8) is 0 Å². The number of halogens is 2. The Balaban J connectivity index is 1.51. The standard InChI is InChI=1S/C21H19F2N3O2/c1-13-11-17(23)8-9-18(13)21(27)26-10-2-3-15(12-26)20-24-19(25-28-20)14-4-6-16(22)7-5-14/h4-9,11,15H,2-3,10,12H2,1H3/t15-/m0/s1. The molecule has 0 saturated carbocycles. The summed E-state index contributed by atoms with van der Waals surface area (Å²) >= 11 is 0. The monoisotopic (exact) mass is 383 g/mol. The van der Waals surface area contributed by atoms with Gasteiger partial charge in [0.05, 0.1) is 5.92 Å². The summed E-state index contributed by atoms with van der Waals surface area (Å²) in [6.45, 7) is 2.82. The Morgan fingerprint density at radius 3 is 2.64 bits per heavy atom. The first-order chi connectivity index (χ1) is 13.5. The van der Waals surface area contributed by atoms with E-state index < -0.39 is 0 Å². The Morgan fingerprint density at radius 1 is 1.14 bits per heavy atom. The van der Waals surface area contributed by atoms with Crippen LogP contribution in [0.1, 0.15) is 40.6 Å². The van der Waals surface area contributed by atoms with Gasteiger partial charge in [0.2, 0.25) is 11.7 Å². The second-order valence-electron chi connectivity index (χ2n) is 7.01. The van der Waals surface area contributed by atoms with E-state index in [1.807, 2.05) is 0 Å². The summed E-state index contributed by atoms with van der Waals surface area (Å²) in [6.07, 6.45) is 1.64. The lowest BCUT2D eigenvalue weighted by molar-refractivity contribution is 0.0695. The molecule has 1 aliphatic heterocycles. The summed E-state index contributed by atoms with van der Waals surface area (Å²) in [5.74, 6) is -0.0177. The molecular weight excluding hydrogens is 364 g/mol. The van der Waals surface area contributed by atoms with Crippen LogP contribution in [0, 0.1) is 18.6 Å². The molecule has 0 bridgehead atoms. The minimum absolute atomic E-state index is 0.0693. The summed E-state index contributed by atoms with van der Waals surface area (Å²) in [4.78, 5) is 19.1. The third-order valence-corrected chi connectivity index (χ3v) is 5.02. The number of rotatable bonds is 3. The first-order valence-corrected chi connectivity index (χ1v) is 9.16. The number of likely N-dealkylation sites (tertiary alicyclic amines) is 1. The highest BCUT2D eigenvalue weighted by molar-refractivity contribution is 5.95. The van der Waals surface area contributed by atoms with Crippen molar-refractivity contribution in [3.8, 4) is 11.4 Å². The van der Waals surface area contributed by atoms with E-state index in [2.05, 4.69) is 10.1 Å². The molecule has 5 nitrogen and oxygen atoms in total. The topological polar surface area (TPSA) is 59.2 Å². The van der Waals surface area contributed by atoms with Gasteiger partial charge >= 0.3 is 0 Å². The highest BCUT2D eigenvalue weighted by atomic mass is 19.1. The Labute approximate surface area is 161 Å². The predicted molar refractivity (Wildman–Crippen MR) is 98.7 cm³/mol. The van der Waals surface area contributed by atoms with E-state index in [9.17, 15) is 13.6 Å². The van der Waals surface area contributed by atoms with Crippen molar-refractivity contribution in [1.29, 1.82) is 0 Å². The van der Waals surface area contributed by atoms with Crippen LogP contribution in [0.3, 0.4) is 0 Å². The van der Waals surface area contributed by atoms with Crippen LogP contribution in [0.4, 0.5) is 8.78 Å². The molecule has 1 aliphatic rings. The molecule has 0 aliphatic carbocycles. The van der Waals surface area contributed by atoms with Crippen molar-refractivity contribution in [2.75, 3.05) is 13.1 Å². The number of aryl methyl sites for hydroxylation is 1. The van der Waals surface area contributed by atoms with Gasteiger partial charge in [0.1, 0.15) is 11.6 Å². The Bertz CT molecular complexity index is 1000.